The van der Waals surface area contributed by atoms with Crippen LogP contribution in [0.25, 0.3) is 11.3 Å². The van der Waals surface area contributed by atoms with Crippen molar-refractivity contribution in [1.82, 2.24) is 4.57 Å². The predicted octanol–water partition coefficient (Wildman–Crippen LogP) is 4.44. The maximum absolute atomic E-state index is 5.72. The second kappa shape index (κ2) is 5.30. The summed E-state index contributed by atoms with van der Waals surface area (Å²) in [4.78, 5) is 0. The number of para-hydroxylation sites is 1. The first-order valence-electron chi connectivity index (χ1n) is 6.55. The van der Waals surface area contributed by atoms with Crippen molar-refractivity contribution >= 4 is 0 Å². The molecule has 0 saturated carbocycles. The van der Waals surface area contributed by atoms with Gasteiger partial charge in [-0.25, -0.2) is 0 Å². The third-order valence-electron chi connectivity index (χ3n) is 3.10. The van der Waals surface area contributed by atoms with Crippen LogP contribution in [0.4, 0.5) is 0 Å². The first kappa shape index (κ1) is 12.7. The third-order valence-corrected chi connectivity index (χ3v) is 3.10. The Hall–Kier alpha value is -1.70. The minimum Gasteiger partial charge on any atom is -0.493 e. The Bertz CT molecular complexity index is 526. The number of aromatic nitrogens is 1. The average molecular weight is 243 g/mol. The maximum Gasteiger partial charge on any atom is 0.128 e. The van der Waals surface area contributed by atoms with Crippen molar-refractivity contribution in [2.24, 2.45) is 0 Å². The van der Waals surface area contributed by atoms with Crippen LogP contribution in [0.1, 0.15) is 32.5 Å². The molecule has 1 heterocycles. The summed E-state index contributed by atoms with van der Waals surface area (Å²) in [6.45, 7) is 9.27. The van der Waals surface area contributed by atoms with Gasteiger partial charge in [-0.2, -0.15) is 0 Å². The SMILES string of the molecule is CCOc1ccccc1-c1ccc(C)n1C(C)C. The molecule has 96 valence electrons. The zero-order chi connectivity index (χ0) is 13.1. The van der Waals surface area contributed by atoms with E-state index < -0.39 is 0 Å². The Morgan fingerprint density at radius 3 is 2.50 bits per heavy atom. The lowest BCUT2D eigenvalue weighted by molar-refractivity contribution is 0.341. The molecule has 18 heavy (non-hydrogen) atoms. The van der Waals surface area contributed by atoms with E-state index in [0.29, 0.717) is 12.6 Å². The summed E-state index contributed by atoms with van der Waals surface area (Å²) in [6.07, 6.45) is 0. The van der Waals surface area contributed by atoms with Crippen molar-refractivity contribution < 1.29 is 4.74 Å². The number of hydrogen-bond acceptors (Lipinski definition) is 1. The molecule has 0 saturated heterocycles. The molecule has 2 nitrogen and oxygen atoms in total. The highest BCUT2D eigenvalue weighted by Crippen LogP contribution is 2.33. The van der Waals surface area contributed by atoms with Crippen LogP contribution in [0.2, 0.25) is 0 Å². The van der Waals surface area contributed by atoms with E-state index in [0.717, 1.165) is 5.75 Å². The molecule has 0 amide bonds. The van der Waals surface area contributed by atoms with Gasteiger partial charge >= 0.3 is 0 Å². The van der Waals surface area contributed by atoms with E-state index >= 15 is 0 Å². The van der Waals surface area contributed by atoms with Crippen molar-refractivity contribution in [2.75, 3.05) is 6.61 Å². The molecule has 0 fully saturated rings. The van der Waals surface area contributed by atoms with Gasteiger partial charge in [0, 0.05) is 17.3 Å². The summed E-state index contributed by atoms with van der Waals surface area (Å²) in [5, 5.41) is 0. The van der Waals surface area contributed by atoms with E-state index in [-0.39, 0.29) is 0 Å². The largest absolute Gasteiger partial charge is 0.493 e. The molecule has 2 aromatic rings. The van der Waals surface area contributed by atoms with Crippen LogP contribution >= 0.6 is 0 Å². The maximum atomic E-state index is 5.72. The summed E-state index contributed by atoms with van der Waals surface area (Å²) in [6, 6.07) is 13.0. The quantitative estimate of drug-likeness (QED) is 0.774. The van der Waals surface area contributed by atoms with Crippen LogP contribution < -0.4 is 4.74 Å². The first-order valence-corrected chi connectivity index (χ1v) is 6.55. The van der Waals surface area contributed by atoms with Gasteiger partial charge in [0.1, 0.15) is 5.75 Å². The van der Waals surface area contributed by atoms with Crippen molar-refractivity contribution in [3.05, 3.63) is 42.1 Å². The summed E-state index contributed by atoms with van der Waals surface area (Å²) < 4.78 is 8.07. The number of hydrogen-bond donors (Lipinski definition) is 0. The van der Waals surface area contributed by atoms with Crippen LogP contribution in [0, 0.1) is 6.92 Å². The van der Waals surface area contributed by atoms with E-state index in [1.54, 1.807) is 0 Å². The van der Waals surface area contributed by atoms with Gasteiger partial charge in [0.05, 0.1) is 12.3 Å². The minimum absolute atomic E-state index is 0.449. The van der Waals surface area contributed by atoms with Gasteiger partial charge in [-0.05, 0) is 52.0 Å². The van der Waals surface area contributed by atoms with Crippen LogP contribution in [0.15, 0.2) is 36.4 Å². The van der Waals surface area contributed by atoms with Crippen LogP contribution in [0.5, 0.6) is 5.75 Å². The van der Waals surface area contributed by atoms with Crippen molar-refractivity contribution in [3.8, 4) is 17.0 Å². The molecule has 1 aromatic heterocycles. The molecule has 0 aliphatic rings. The van der Waals surface area contributed by atoms with Gasteiger partial charge in [-0.15, -0.1) is 0 Å². The number of benzene rings is 1. The molecule has 0 atom stereocenters. The lowest BCUT2D eigenvalue weighted by Gasteiger charge is -2.17. The second-order valence-electron chi connectivity index (χ2n) is 4.75. The van der Waals surface area contributed by atoms with Crippen LogP contribution in [0.3, 0.4) is 0 Å². The summed E-state index contributed by atoms with van der Waals surface area (Å²) in [7, 11) is 0. The molecule has 0 aliphatic carbocycles. The normalized spacial score (nSPS) is 10.9. The molecule has 0 spiro atoms. The van der Waals surface area contributed by atoms with E-state index in [1.165, 1.54) is 17.0 Å². The molecule has 0 N–H and O–H groups in total. The number of ether oxygens (including phenoxy) is 1. The van der Waals surface area contributed by atoms with E-state index in [2.05, 4.69) is 49.6 Å². The lowest BCUT2D eigenvalue weighted by atomic mass is 10.1. The van der Waals surface area contributed by atoms with Gasteiger partial charge in [-0.3, -0.25) is 0 Å². The monoisotopic (exact) mass is 243 g/mol. The number of rotatable bonds is 4. The fourth-order valence-corrected chi connectivity index (χ4v) is 2.41. The molecule has 1 aromatic carbocycles. The summed E-state index contributed by atoms with van der Waals surface area (Å²) >= 11 is 0. The highest BCUT2D eigenvalue weighted by atomic mass is 16.5. The van der Waals surface area contributed by atoms with Gasteiger partial charge < -0.3 is 9.30 Å². The Labute approximate surface area is 109 Å². The Kier molecular flexibility index (Phi) is 3.75. The molecule has 2 rings (SSSR count). The molecule has 0 unspecified atom stereocenters. The number of nitrogens with zero attached hydrogens (tertiary/aromatic N) is 1. The smallest absolute Gasteiger partial charge is 0.128 e. The average Bonchev–Trinajstić information content (AvgIpc) is 2.72. The van der Waals surface area contributed by atoms with E-state index in [4.69, 9.17) is 4.74 Å². The van der Waals surface area contributed by atoms with Crippen molar-refractivity contribution in [1.29, 1.82) is 0 Å². The first-order chi connectivity index (χ1) is 8.65. The fourth-order valence-electron chi connectivity index (χ4n) is 2.41. The van der Waals surface area contributed by atoms with Crippen LogP contribution in [-0.2, 0) is 0 Å². The molecular formula is C16H21NO. The lowest BCUT2D eigenvalue weighted by Crippen LogP contribution is -2.05. The topological polar surface area (TPSA) is 14.2 Å². The zero-order valence-corrected chi connectivity index (χ0v) is 11.6. The van der Waals surface area contributed by atoms with Gasteiger partial charge in [0.25, 0.3) is 0 Å². The highest BCUT2D eigenvalue weighted by molar-refractivity contribution is 5.68. The third kappa shape index (κ3) is 2.28. The van der Waals surface area contributed by atoms with Crippen molar-refractivity contribution in [3.63, 3.8) is 0 Å². The molecule has 0 bridgehead atoms. The Morgan fingerprint density at radius 1 is 1.11 bits per heavy atom. The minimum atomic E-state index is 0.449. The molecule has 0 aliphatic heterocycles. The fraction of sp³-hybridized carbons (Fsp3) is 0.375. The molecule has 0 radical (unpaired) electrons. The van der Waals surface area contributed by atoms with E-state index in [9.17, 15) is 0 Å². The number of aryl methyl sites for hydroxylation is 1. The standard InChI is InChI=1S/C16H21NO/c1-5-18-16-9-7-6-8-14(16)15-11-10-13(4)17(15)12(2)3/h6-12H,5H2,1-4H3. The van der Waals surface area contributed by atoms with Gasteiger partial charge in [0.15, 0.2) is 0 Å². The van der Waals surface area contributed by atoms with E-state index in [1.807, 2.05) is 19.1 Å². The van der Waals surface area contributed by atoms with Crippen molar-refractivity contribution in [2.45, 2.75) is 33.7 Å². The van der Waals surface area contributed by atoms with Gasteiger partial charge in [-0.1, -0.05) is 12.1 Å². The highest BCUT2D eigenvalue weighted by Gasteiger charge is 2.13. The Morgan fingerprint density at radius 2 is 1.83 bits per heavy atom. The Balaban J connectivity index is 2.55. The zero-order valence-electron chi connectivity index (χ0n) is 11.6. The summed E-state index contributed by atoms with van der Waals surface area (Å²) in [5.41, 5.74) is 3.68. The summed E-state index contributed by atoms with van der Waals surface area (Å²) in [5.74, 6) is 0.958. The predicted molar refractivity (Wildman–Crippen MR) is 76.2 cm³/mol. The second-order valence-corrected chi connectivity index (χ2v) is 4.75. The molecular weight excluding hydrogens is 222 g/mol. The van der Waals surface area contributed by atoms with Gasteiger partial charge in [0.2, 0.25) is 0 Å². The molecule has 2 heteroatoms. The van der Waals surface area contributed by atoms with Crippen LogP contribution in [-0.4, -0.2) is 11.2 Å².